The molecule has 1 aromatic rings. The van der Waals surface area contributed by atoms with Gasteiger partial charge in [0.1, 0.15) is 0 Å². The van der Waals surface area contributed by atoms with Gasteiger partial charge in [-0.1, -0.05) is 31.2 Å². The van der Waals surface area contributed by atoms with Crippen LogP contribution in [0.4, 0.5) is 0 Å². The number of ketones is 1. The topological polar surface area (TPSA) is 38.8 Å². The molecule has 0 saturated heterocycles. The summed E-state index contributed by atoms with van der Waals surface area (Å²) in [5.74, 6) is 0.158. The van der Waals surface area contributed by atoms with Gasteiger partial charge in [-0.15, -0.1) is 0 Å². The minimum atomic E-state index is 0.158. The molecule has 0 amide bonds. The zero-order valence-electron chi connectivity index (χ0n) is 13.4. The number of benzene rings is 1. The highest BCUT2D eigenvalue weighted by molar-refractivity contribution is 5.97. The molecule has 0 atom stereocenters. The van der Waals surface area contributed by atoms with Gasteiger partial charge in [-0.25, -0.2) is 0 Å². The predicted molar refractivity (Wildman–Crippen MR) is 85.0 cm³/mol. The van der Waals surface area contributed by atoms with Crippen molar-refractivity contribution in [2.75, 3.05) is 47.1 Å². The molecule has 0 saturated carbocycles. The molecular weight excluding hydrogens is 266 g/mol. The van der Waals surface area contributed by atoms with Crippen LogP contribution in [0.3, 0.4) is 0 Å². The quantitative estimate of drug-likeness (QED) is 0.464. The smallest absolute Gasteiger partial charge is 0.176 e. The maximum absolute atomic E-state index is 12.3. The molecule has 0 heterocycles. The Morgan fingerprint density at radius 2 is 1.71 bits per heavy atom. The monoisotopic (exact) mass is 293 g/mol. The van der Waals surface area contributed by atoms with Gasteiger partial charge >= 0.3 is 0 Å². The predicted octanol–water partition coefficient (Wildman–Crippen LogP) is 2.42. The molecule has 4 nitrogen and oxygen atoms in total. The molecule has 1 rings (SSSR count). The minimum absolute atomic E-state index is 0.158. The van der Waals surface area contributed by atoms with Crippen molar-refractivity contribution in [2.24, 2.45) is 0 Å². The second kappa shape index (κ2) is 10.5. The molecule has 0 aliphatic rings. The molecule has 0 aromatic heterocycles. The zero-order chi connectivity index (χ0) is 15.5. The first-order chi connectivity index (χ1) is 10.2. The lowest BCUT2D eigenvalue weighted by Crippen LogP contribution is -2.34. The van der Waals surface area contributed by atoms with E-state index in [0.717, 1.165) is 31.5 Å². The fourth-order valence-corrected chi connectivity index (χ4v) is 2.14. The number of hydrogen-bond acceptors (Lipinski definition) is 4. The van der Waals surface area contributed by atoms with Gasteiger partial charge in [0.25, 0.3) is 0 Å². The SMILES string of the molecule is CCc1ccc(C(=O)CN(CCCOC)CCOC)cc1. The highest BCUT2D eigenvalue weighted by Gasteiger charge is 2.12. The fourth-order valence-electron chi connectivity index (χ4n) is 2.14. The Labute approximate surface area is 128 Å². The summed E-state index contributed by atoms with van der Waals surface area (Å²) in [5.41, 5.74) is 2.03. The van der Waals surface area contributed by atoms with E-state index in [4.69, 9.17) is 9.47 Å². The van der Waals surface area contributed by atoms with Crippen molar-refractivity contribution in [1.82, 2.24) is 4.90 Å². The summed E-state index contributed by atoms with van der Waals surface area (Å²) in [4.78, 5) is 14.5. The lowest BCUT2D eigenvalue weighted by atomic mass is 10.1. The van der Waals surface area contributed by atoms with Crippen molar-refractivity contribution in [2.45, 2.75) is 19.8 Å². The first kappa shape index (κ1) is 17.8. The first-order valence-electron chi connectivity index (χ1n) is 7.53. The summed E-state index contributed by atoms with van der Waals surface area (Å²) < 4.78 is 10.2. The van der Waals surface area contributed by atoms with E-state index in [2.05, 4.69) is 11.8 Å². The lowest BCUT2D eigenvalue weighted by Gasteiger charge is -2.21. The van der Waals surface area contributed by atoms with Crippen molar-refractivity contribution in [1.29, 1.82) is 0 Å². The van der Waals surface area contributed by atoms with Crippen LogP contribution in [-0.2, 0) is 15.9 Å². The summed E-state index contributed by atoms with van der Waals surface area (Å²) in [6.45, 7) is 5.49. The molecule has 4 heteroatoms. The van der Waals surface area contributed by atoms with E-state index < -0.39 is 0 Å². The second-order valence-electron chi connectivity index (χ2n) is 5.09. The van der Waals surface area contributed by atoms with Crippen molar-refractivity contribution in [3.63, 3.8) is 0 Å². The van der Waals surface area contributed by atoms with Gasteiger partial charge in [0.05, 0.1) is 13.2 Å². The van der Waals surface area contributed by atoms with Crippen LogP contribution in [0.2, 0.25) is 0 Å². The van der Waals surface area contributed by atoms with Crippen LogP contribution in [0.15, 0.2) is 24.3 Å². The van der Waals surface area contributed by atoms with E-state index in [1.54, 1.807) is 14.2 Å². The van der Waals surface area contributed by atoms with E-state index in [1.165, 1.54) is 5.56 Å². The Morgan fingerprint density at radius 1 is 1.05 bits per heavy atom. The van der Waals surface area contributed by atoms with Crippen molar-refractivity contribution in [3.8, 4) is 0 Å². The number of methoxy groups -OCH3 is 2. The largest absolute Gasteiger partial charge is 0.385 e. The fraction of sp³-hybridized carbons (Fsp3) is 0.588. The Kier molecular flexibility index (Phi) is 8.90. The van der Waals surface area contributed by atoms with Crippen molar-refractivity contribution >= 4 is 5.78 Å². The van der Waals surface area contributed by atoms with Crippen LogP contribution in [0.25, 0.3) is 0 Å². The molecule has 21 heavy (non-hydrogen) atoms. The summed E-state index contributed by atoms with van der Waals surface area (Å²) >= 11 is 0. The number of rotatable bonds is 11. The Balaban J connectivity index is 2.55. The highest BCUT2D eigenvalue weighted by Crippen LogP contribution is 2.07. The Hall–Kier alpha value is -1.23. The maximum Gasteiger partial charge on any atom is 0.176 e. The van der Waals surface area contributed by atoms with Gasteiger partial charge in [0.2, 0.25) is 0 Å². The second-order valence-corrected chi connectivity index (χ2v) is 5.09. The summed E-state index contributed by atoms with van der Waals surface area (Å²) in [5, 5.41) is 0. The number of Topliss-reactive ketones (excluding diaryl/α,β-unsaturated/α-hetero) is 1. The van der Waals surface area contributed by atoms with Gasteiger partial charge in [0, 0.05) is 39.5 Å². The molecule has 1 aromatic carbocycles. The van der Waals surface area contributed by atoms with E-state index in [1.807, 2.05) is 24.3 Å². The number of hydrogen-bond donors (Lipinski definition) is 0. The molecule has 0 fully saturated rings. The molecule has 0 unspecified atom stereocenters. The van der Waals surface area contributed by atoms with Crippen LogP contribution in [0, 0.1) is 0 Å². The average molecular weight is 293 g/mol. The van der Waals surface area contributed by atoms with Gasteiger partial charge < -0.3 is 9.47 Å². The highest BCUT2D eigenvalue weighted by atomic mass is 16.5. The number of aryl methyl sites for hydroxylation is 1. The molecule has 0 aliphatic carbocycles. The summed E-state index contributed by atoms with van der Waals surface area (Å²) in [6, 6.07) is 7.89. The van der Waals surface area contributed by atoms with Crippen LogP contribution in [-0.4, -0.2) is 57.8 Å². The minimum Gasteiger partial charge on any atom is -0.385 e. The Bertz CT molecular complexity index is 403. The van der Waals surface area contributed by atoms with Crippen LogP contribution >= 0.6 is 0 Å². The molecule has 0 spiro atoms. The summed E-state index contributed by atoms with van der Waals surface area (Å²) in [7, 11) is 3.37. The van der Waals surface area contributed by atoms with Crippen molar-refractivity contribution < 1.29 is 14.3 Å². The van der Waals surface area contributed by atoms with Crippen LogP contribution in [0.5, 0.6) is 0 Å². The van der Waals surface area contributed by atoms with Crippen molar-refractivity contribution in [3.05, 3.63) is 35.4 Å². The van der Waals surface area contributed by atoms with E-state index >= 15 is 0 Å². The van der Waals surface area contributed by atoms with Gasteiger partial charge in [-0.05, 0) is 18.4 Å². The zero-order valence-corrected chi connectivity index (χ0v) is 13.4. The molecule has 0 aliphatic heterocycles. The average Bonchev–Trinajstić information content (AvgIpc) is 2.52. The molecule has 0 radical (unpaired) electrons. The number of nitrogens with zero attached hydrogens (tertiary/aromatic N) is 1. The Morgan fingerprint density at radius 3 is 2.29 bits per heavy atom. The van der Waals surface area contributed by atoms with E-state index in [0.29, 0.717) is 19.8 Å². The number of carbonyl (C=O) groups is 1. The molecule has 118 valence electrons. The number of carbonyl (C=O) groups excluding carboxylic acids is 1. The molecule has 0 bridgehead atoms. The maximum atomic E-state index is 12.3. The summed E-state index contributed by atoms with van der Waals surface area (Å²) in [6.07, 6.45) is 1.91. The third-order valence-electron chi connectivity index (χ3n) is 3.49. The number of ether oxygens (including phenoxy) is 2. The van der Waals surface area contributed by atoms with E-state index in [-0.39, 0.29) is 5.78 Å². The van der Waals surface area contributed by atoms with E-state index in [9.17, 15) is 4.79 Å². The van der Waals surface area contributed by atoms with Crippen LogP contribution < -0.4 is 0 Å². The van der Waals surface area contributed by atoms with Crippen LogP contribution in [0.1, 0.15) is 29.3 Å². The normalized spacial score (nSPS) is 11.0. The van der Waals surface area contributed by atoms with Gasteiger partial charge in [-0.2, -0.15) is 0 Å². The third-order valence-corrected chi connectivity index (χ3v) is 3.49. The third kappa shape index (κ3) is 6.85. The van der Waals surface area contributed by atoms with Gasteiger partial charge in [0.15, 0.2) is 5.78 Å². The lowest BCUT2D eigenvalue weighted by molar-refractivity contribution is 0.0878. The van der Waals surface area contributed by atoms with Gasteiger partial charge in [-0.3, -0.25) is 9.69 Å². The first-order valence-corrected chi connectivity index (χ1v) is 7.53. The standard InChI is InChI=1S/C17H27NO3/c1-4-15-6-8-16(9-7-15)17(19)14-18(11-13-21-3)10-5-12-20-2/h6-9H,4-5,10-14H2,1-3H3. The molecule has 0 N–H and O–H groups in total. The molecular formula is C17H27NO3.